The second kappa shape index (κ2) is 9.04. The van der Waals surface area contributed by atoms with Crippen molar-refractivity contribution in [3.63, 3.8) is 0 Å². The lowest BCUT2D eigenvalue weighted by Crippen LogP contribution is -2.39. The number of carbonyl (C=O) groups excluding carboxylic acids is 2. The lowest BCUT2D eigenvalue weighted by Gasteiger charge is -2.20. The van der Waals surface area contributed by atoms with Gasteiger partial charge in [-0.25, -0.2) is 14.8 Å². The second-order valence-electron chi connectivity index (χ2n) is 5.39. The van der Waals surface area contributed by atoms with Gasteiger partial charge in [-0.3, -0.25) is 4.79 Å². The molecule has 26 heavy (non-hydrogen) atoms. The summed E-state index contributed by atoms with van der Waals surface area (Å²) in [4.78, 5) is 32.9. The molecule has 2 aromatic rings. The molecule has 0 aliphatic carbocycles. The second-order valence-corrected chi connectivity index (χ2v) is 6.56. The Morgan fingerprint density at radius 1 is 1.19 bits per heavy atom. The molecule has 1 aromatic heterocycles. The third kappa shape index (κ3) is 5.09. The number of hydrogen-bond acceptors (Lipinski definition) is 8. The molecule has 2 unspecified atom stereocenters. The van der Waals surface area contributed by atoms with Crippen LogP contribution >= 0.6 is 11.8 Å². The average molecular weight is 375 g/mol. The van der Waals surface area contributed by atoms with Crippen LogP contribution in [0.1, 0.15) is 24.9 Å². The van der Waals surface area contributed by atoms with Crippen molar-refractivity contribution in [2.24, 2.45) is 0 Å². The zero-order valence-electron chi connectivity index (χ0n) is 14.5. The van der Waals surface area contributed by atoms with Crippen molar-refractivity contribution in [2.45, 2.75) is 29.8 Å². The van der Waals surface area contributed by atoms with E-state index >= 15 is 0 Å². The van der Waals surface area contributed by atoms with E-state index in [1.54, 1.807) is 24.3 Å². The molecule has 0 fully saturated rings. The smallest absolute Gasteiger partial charge is 0.333 e. The molecule has 0 aliphatic heterocycles. The van der Waals surface area contributed by atoms with Crippen LogP contribution in [0.25, 0.3) is 0 Å². The van der Waals surface area contributed by atoms with Gasteiger partial charge in [0.25, 0.3) is 0 Å². The molecule has 1 heterocycles. The Morgan fingerprint density at radius 3 is 2.35 bits per heavy atom. The van der Waals surface area contributed by atoms with Crippen LogP contribution in [-0.4, -0.2) is 34.2 Å². The van der Waals surface area contributed by atoms with E-state index in [-0.39, 0.29) is 17.5 Å². The van der Waals surface area contributed by atoms with Gasteiger partial charge in [0.05, 0.1) is 12.4 Å². The van der Waals surface area contributed by atoms with Crippen molar-refractivity contribution in [3.8, 4) is 0 Å². The van der Waals surface area contributed by atoms with Crippen molar-refractivity contribution in [1.29, 1.82) is 0 Å². The highest BCUT2D eigenvalue weighted by atomic mass is 32.2. The Hall–Kier alpha value is -2.81. The van der Waals surface area contributed by atoms with Crippen LogP contribution in [0, 0.1) is 0 Å². The fourth-order valence-electron chi connectivity index (χ4n) is 2.24. The van der Waals surface area contributed by atoms with E-state index in [4.69, 9.17) is 16.2 Å². The third-order valence-corrected chi connectivity index (χ3v) is 4.74. The summed E-state index contributed by atoms with van der Waals surface area (Å²) in [5, 5.41) is 2.52. The Morgan fingerprint density at radius 2 is 1.81 bits per heavy atom. The number of nitrogens with zero attached hydrogens (tertiary/aromatic N) is 2. The first-order valence-electron chi connectivity index (χ1n) is 7.94. The minimum absolute atomic E-state index is 0.229. The van der Waals surface area contributed by atoms with Crippen LogP contribution in [0.2, 0.25) is 0 Å². The van der Waals surface area contributed by atoms with Crippen molar-refractivity contribution >= 4 is 35.3 Å². The summed E-state index contributed by atoms with van der Waals surface area (Å²) < 4.78 is 4.81. The van der Waals surface area contributed by atoms with E-state index in [9.17, 15) is 9.59 Å². The van der Waals surface area contributed by atoms with Gasteiger partial charge in [0, 0.05) is 6.07 Å². The molecular formula is C17H21N5O3S. The summed E-state index contributed by atoms with van der Waals surface area (Å²) in [5.74, 6) is -0.422. The normalized spacial score (nSPS) is 12.8. The largest absolute Gasteiger partial charge is 0.467 e. The molecule has 0 bridgehead atoms. The molecule has 8 nitrogen and oxygen atoms in total. The Bertz CT molecular complexity index is 752. The van der Waals surface area contributed by atoms with E-state index in [1.165, 1.54) is 13.2 Å². The molecule has 2 rings (SSSR count). The van der Waals surface area contributed by atoms with Gasteiger partial charge in [-0.15, -0.1) is 0 Å². The predicted octanol–water partition coefficient (Wildman–Crippen LogP) is 1.54. The van der Waals surface area contributed by atoms with Crippen molar-refractivity contribution in [3.05, 3.63) is 42.0 Å². The fourth-order valence-corrected chi connectivity index (χ4v) is 3.15. The topological polar surface area (TPSA) is 133 Å². The van der Waals surface area contributed by atoms with Gasteiger partial charge in [0.15, 0.2) is 11.2 Å². The standard InChI is InChI=1S/C17H21N5O3S/c1-3-11(26-17-20-12(18)9-13(19)21-17)15(23)22-14(16(24)25-2)10-7-5-4-6-8-10/h4-9,11,14H,3H2,1-2H3,(H,22,23)(H4,18,19,20,21). The number of benzene rings is 1. The SMILES string of the molecule is CCC(Sc1nc(N)cc(N)n1)C(=O)NC(C(=O)OC)c1ccccc1. The number of rotatable bonds is 7. The van der Waals surface area contributed by atoms with Crippen LogP contribution in [0.3, 0.4) is 0 Å². The summed E-state index contributed by atoms with van der Waals surface area (Å²) in [6, 6.07) is 9.43. The summed E-state index contributed by atoms with van der Waals surface area (Å²) in [7, 11) is 1.28. The molecule has 0 spiro atoms. The molecule has 2 atom stereocenters. The molecule has 0 radical (unpaired) electrons. The Balaban J connectivity index is 2.16. The number of aromatic nitrogens is 2. The van der Waals surface area contributed by atoms with Crippen molar-refractivity contribution in [1.82, 2.24) is 15.3 Å². The number of thioether (sulfide) groups is 1. The zero-order valence-corrected chi connectivity index (χ0v) is 15.3. The number of esters is 1. The predicted molar refractivity (Wildman–Crippen MR) is 100 cm³/mol. The zero-order chi connectivity index (χ0) is 19.1. The number of ether oxygens (including phenoxy) is 1. The molecule has 0 saturated carbocycles. The maximum atomic E-state index is 12.7. The highest BCUT2D eigenvalue weighted by Crippen LogP contribution is 2.25. The molecule has 138 valence electrons. The van der Waals surface area contributed by atoms with E-state index in [2.05, 4.69) is 15.3 Å². The molecule has 5 N–H and O–H groups in total. The van der Waals surface area contributed by atoms with Gasteiger partial charge in [-0.2, -0.15) is 0 Å². The number of nitrogens with two attached hydrogens (primary N) is 2. The molecule has 1 aromatic carbocycles. The number of nitrogens with one attached hydrogen (secondary N) is 1. The first-order chi connectivity index (χ1) is 12.4. The van der Waals surface area contributed by atoms with Crippen LogP contribution in [-0.2, 0) is 14.3 Å². The number of anilines is 2. The van der Waals surface area contributed by atoms with Crippen LogP contribution < -0.4 is 16.8 Å². The average Bonchev–Trinajstić information content (AvgIpc) is 2.63. The molecule has 9 heteroatoms. The number of carbonyl (C=O) groups is 2. The first kappa shape index (κ1) is 19.5. The Kier molecular flexibility index (Phi) is 6.79. The number of nitrogen functional groups attached to an aromatic ring is 2. The van der Waals surface area contributed by atoms with Gasteiger partial charge in [0.1, 0.15) is 11.6 Å². The van der Waals surface area contributed by atoms with Crippen LogP contribution in [0.5, 0.6) is 0 Å². The molecule has 0 aliphatic rings. The van der Waals surface area contributed by atoms with Gasteiger partial charge < -0.3 is 21.5 Å². The lowest BCUT2D eigenvalue weighted by molar-refractivity contribution is -0.145. The lowest BCUT2D eigenvalue weighted by atomic mass is 10.1. The third-order valence-electron chi connectivity index (χ3n) is 3.51. The number of hydrogen-bond donors (Lipinski definition) is 3. The van der Waals surface area contributed by atoms with Gasteiger partial charge in [-0.1, -0.05) is 49.0 Å². The maximum Gasteiger partial charge on any atom is 0.333 e. The minimum Gasteiger partial charge on any atom is -0.467 e. The molecule has 0 saturated heterocycles. The van der Waals surface area contributed by atoms with E-state index in [0.29, 0.717) is 17.1 Å². The highest BCUT2D eigenvalue weighted by molar-refractivity contribution is 8.00. The maximum absolute atomic E-state index is 12.7. The van der Waals surface area contributed by atoms with E-state index < -0.39 is 17.3 Å². The van der Waals surface area contributed by atoms with Gasteiger partial charge in [-0.05, 0) is 12.0 Å². The van der Waals surface area contributed by atoms with Crippen molar-refractivity contribution in [2.75, 3.05) is 18.6 Å². The number of methoxy groups -OCH3 is 1. The summed E-state index contributed by atoms with van der Waals surface area (Å²) >= 11 is 1.14. The van der Waals surface area contributed by atoms with Gasteiger partial charge in [0.2, 0.25) is 5.91 Å². The van der Waals surface area contributed by atoms with E-state index in [0.717, 1.165) is 11.8 Å². The molecular weight excluding hydrogens is 354 g/mol. The first-order valence-corrected chi connectivity index (χ1v) is 8.82. The fraction of sp³-hybridized carbons (Fsp3) is 0.294. The highest BCUT2D eigenvalue weighted by Gasteiger charge is 2.28. The minimum atomic E-state index is -0.893. The monoisotopic (exact) mass is 375 g/mol. The quantitative estimate of drug-likeness (QED) is 0.377. The summed E-state index contributed by atoms with van der Waals surface area (Å²) in [5.41, 5.74) is 12.0. The number of amides is 1. The Labute approximate surface area is 155 Å². The van der Waals surface area contributed by atoms with Crippen LogP contribution in [0.15, 0.2) is 41.6 Å². The van der Waals surface area contributed by atoms with E-state index in [1.807, 2.05) is 13.0 Å². The summed E-state index contributed by atoms with van der Waals surface area (Å²) in [6.45, 7) is 1.85. The summed E-state index contributed by atoms with van der Waals surface area (Å²) in [6.07, 6.45) is 0.497. The van der Waals surface area contributed by atoms with Crippen LogP contribution in [0.4, 0.5) is 11.6 Å². The van der Waals surface area contributed by atoms with Gasteiger partial charge >= 0.3 is 5.97 Å². The van der Waals surface area contributed by atoms with Crippen molar-refractivity contribution < 1.29 is 14.3 Å². The molecule has 1 amide bonds.